The van der Waals surface area contributed by atoms with Crippen molar-refractivity contribution in [2.45, 2.75) is 53.1 Å². The second-order valence-electron chi connectivity index (χ2n) is 5.12. The highest BCUT2D eigenvalue weighted by atomic mass is 16.1. The first-order valence-electron chi connectivity index (χ1n) is 6.49. The molecule has 0 aromatic heterocycles. The summed E-state index contributed by atoms with van der Waals surface area (Å²) in [4.78, 5) is 11.7. The van der Waals surface area contributed by atoms with Gasteiger partial charge in [-0.2, -0.15) is 0 Å². The maximum absolute atomic E-state index is 11.7. The second kappa shape index (κ2) is 6.01. The number of nitrogens with two attached hydrogens (primary N) is 1. The average molecular weight is 248 g/mol. The number of benzene rings is 1. The van der Waals surface area contributed by atoms with Crippen molar-refractivity contribution < 1.29 is 4.79 Å². The van der Waals surface area contributed by atoms with E-state index in [0.717, 1.165) is 23.1 Å². The zero-order valence-electron chi connectivity index (χ0n) is 12.0. The van der Waals surface area contributed by atoms with E-state index in [1.54, 1.807) is 0 Å². The summed E-state index contributed by atoms with van der Waals surface area (Å²) >= 11 is 0. The van der Waals surface area contributed by atoms with Gasteiger partial charge in [-0.3, -0.25) is 10.1 Å². The zero-order valence-corrected chi connectivity index (χ0v) is 12.0. The Labute approximate surface area is 110 Å². The van der Waals surface area contributed by atoms with Gasteiger partial charge in [0, 0.05) is 6.04 Å². The molecule has 0 bridgehead atoms. The molecule has 0 saturated heterocycles. The molecule has 0 spiro atoms. The number of carbonyl (C=O) groups is 1. The molecule has 3 N–H and O–H groups in total. The van der Waals surface area contributed by atoms with Gasteiger partial charge in [0.1, 0.15) is 6.04 Å². The number of rotatable bonds is 5. The van der Waals surface area contributed by atoms with Gasteiger partial charge in [-0.05, 0) is 50.8 Å². The van der Waals surface area contributed by atoms with E-state index in [-0.39, 0.29) is 11.9 Å². The summed E-state index contributed by atoms with van der Waals surface area (Å²) in [6.45, 7) is 10.3. The highest BCUT2D eigenvalue weighted by Crippen LogP contribution is 2.24. The molecule has 0 radical (unpaired) electrons. The largest absolute Gasteiger partial charge is 0.368 e. The lowest BCUT2D eigenvalue weighted by Gasteiger charge is -2.24. The summed E-state index contributed by atoms with van der Waals surface area (Å²) in [7, 11) is 0. The van der Waals surface area contributed by atoms with Gasteiger partial charge in [-0.25, -0.2) is 0 Å². The molecule has 2 atom stereocenters. The molecule has 1 aromatic carbocycles. The Bertz CT molecular complexity index is 417. The maximum atomic E-state index is 11.7. The van der Waals surface area contributed by atoms with Crippen LogP contribution in [0.3, 0.4) is 0 Å². The minimum Gasteiger partial charge on any atom is -0.368 e. The van der Waals surface area contributed by atoms with Gasteiger partial charge in [-0.1, -0.05) is 24.6 Å². The quantitative estimate of drug-likeness (QED) is 0.841. The van der Waals surface area contributed by atoms with Crippen LogP contribution in [0, 0.1) is 20.8 Å². The molecule has 2 unspecified atom stereocenters. The molecule has 18 heavy (non-hydrogen) atoms. The number of carbonyl (C=O) groups excluding carboxylic acids is 1. The molecule has 100 valence electrons. The van der Waals surface area contributed by atoms with E-state index in [1.165, 1.54) is 5.56 Å². The number of amides is 1. The number of nitrogens with one attached hydrogen (secondary N) is 1. The van der Waals surface area contributed by atoms with Crippen molar-refractivity contribution in [3.05, 3.63) is 34.4 Å². The summed E-state index contributed by atoms with van der Waals surface area (Å²) in [5, 5.41) is 3.31. The van der Waals surface area contributed by atoms with Crippen LogP contribution in [0.15, 0.2) is 12.1 Å². The lowest BCUT2D eigenvalue weighted by atomic mass is 9.93. The van der Waals surface area contributed by atoms with Gasteiger partial charge in [0.25, 0.3) is 0 Å². The normalized spacial score (nSPS) is 14.3. The molecule has 1 aromatic rings. The fraction of sp³-hybridized carbons (Fsp3) is 0.533. The van der Waals surface area contributed by atoms with E-state index in [9.17, 15) is 4.79 Å². The summed E-state index contributed by atoms with van der Waals surface area (Å²) < 4.78 is 0. The number of hydrogen-bond acceptors (Lipinski definition) is 2. The first-order valence-corrected chi connectivity index (χ1v) is 6.49. The monoisotopic (exact) mass is 248 g/mol. The molecular weight excluding hydrogens is 224 g/mol. The van der Waals surface area contributed by atoms with Crippen molar-refractivity contribution in [1.82, 2.24) is 5.32 Å². The fourth-order valence-corrected chi connectivity index (χ4v) is 2.36. The zero-order chi connectivity index (χ0) is 13.9. The maximum Gasteiger partial charge on any atom is 0.239 e. The molecule has 3 heteroatoms. The summed E-state index contributed by atoms with van der Waals surface area (Å²) in [6, 6.07) is 4.05. The topological polar surface area (TPSA) is 55.1 Å². The Hall–Kier alpha value is -1.35. The minimum atomic E-state index is -0.402. The summed E-state index contributed by atoms with van der Waals surface area (Å²) in [6.07, 6.45) is 0.966. The third-order valence-corrected chi connectivity index (χ3v) is 3.37. The molecular formula is C15H24N2O. The third-order valence-electron chi connectivity index (χ3n) is 3.37. The van der Waals surface area contributed by atoms with Crippen molar-refractivity contribution in [2.24, 2.45) is 5.73 Å². The second-order valence-corrected chi connectivity index (χ2v) is 5.12. The molecule has 0 aliphatic heterocycles. The van der Waals surface area contributed by atoms with E-state index in [2.05, 4.69) is 38.2 Å². The standard InChI is InChI=1S/C15H24N2O/c1-6-12(5)17-14(15(16)18)13-10(3)7-9(2)8-11(13)4/h7-8,12,14,17H,6H2,1-5H3,(H2,16,18). The average Bonchev–Trinajstić information content (AvgIpc) is 2.25. The molecule has 0 heterocycles. The smallest absolute Gasteiger partial charge is 0.239 e. The summed E-state index contributed by atoms with van der Waals surface area (Å²) in [5.41, 5.74) is 10.0. The molecule has 1 amide bonds. The van der Waals surface area contributed by atoms with Crippen LogP contribution in [-0.4, -0.2) is 11.9 Å². The van der Waals surface area contributed by atoms with Crippen LogP contribution in [0.5, 0.6) is 0 Å². The van der Waals surface area contributed by atoms with Crippen molar-refractivity contribution in [3.63, 3.8) is 0 Å². The molecule has 1 rings (SSSR count). The van der Waals surface area contributed by atoms with Crippen molar-refractivity contribution in [3.8, 4) is 0 Å². The first-order chi connectivity index (χ1) is 8.36. The highest BCUT2D eigenvalue weighted by molar-refractivity contribution is 5.82. The van der Waals surface area contributed by atoms with E-state index < -0.39 is 6.04 Å². The minimum absolute atomic E-state index is 0.266. The third kappa shape index (κ3) is 3.33. The Morgan fingerprint density at radius 3 is 2.17 bits per heavy atom. The van der Waals surface area contributed by atoms with Gasteiger partial charge in [0.15, 0.2) is 0 Å². The lowest BCUT2D eigenvalue weighted by Crippen LogP contribution is -2.39. The SMILES string of the molecule is CCC(C)NC(C(N)=O)c1c(C)cc(C)cc1C. The van der Waals surface area contributed by atoms with Gasteiger partial charge in [0.05, 0.1) is 0 Å². The molecule has 0 fully saturated rings. The van der Waals surface area contributed by atoms with Crippen LogP contribution in [0.4, 0.5) is 0 Å². The van der Waals surface area contributed by atoms with Crippen LogP contribution < -0.4 is 11.1 Å². The van der Waals surface area contributed by atoms with Gasteiger partial charge >= 0.3 is 0 Å². The van der Waals surface area contributed by atoms with Gasteiger partial charge in [-0.15, -0.1) is 0 Å². The predicted octanol–water partition coefficient (Wildman–Crippen LogP) is 2.53. The van der Waals surface area contributed by atoms with Crippen LogP contribution in [-0.2, 0) is 4.79 Å². The predicted molar refractivity (Wildman–Crippen MR) is 75.5 cm³/mol. The highest BCUT2D eigenvalue weighted by Gasteiger charge is 2.22. The Balaban J connectivity index is 3.18. The number of primary amides is 1. The molecule has 3 nitrogen and oxygen atoms in total. The van der Waals surface area contributed by atoms with Gasteiger partial charge < -0.3 is 5.73 Å². The van der Waals surface area contributed by atoms with Crippen molar-refractivity contribution >= 4 is 5.91 Å². The van der Waals surface area contributed by atoms with E-state index >= 15 is 0 Å². The Kier molecular flexibility index (Phi) is 4.91. The van der Waals surface area contributed by atoms with E-state index in [4.69, 9.17) is 5.73 Å². The van der Waals surface area contributed by atoms with E-state index in [1.807, 2.05) is 13.8 Å². The van der Waals surface area contributed by atoms with Crippen LogP contribution in [0.1, 0.15) is 48.6 Å². The number of hydrogen-bond donors (Lipinski definition) is 2. The van der Waals surface area contributed by atoms with Gasteiger partial charge in [0.2, 0.25) is 5.91 Å². The van der Waals surface area contributed by atoms with Crippen LogP contribution in [0.25, 0.3) is 0 Å². The lowest BCUT2D eigenvalue weighted by molar-refractivity contribution is -0.120. The van der Waals surface area contributed by atoms with Crippen molar-refractivity contribution in [1.29, 1.82) is 0 Å². The van der Waals surface area contributed by atoms with Crippen LogP contribution in [0.2, 0.25) is 0 Å². The molecule has 0 aliphatic carbocycles. The Morgan fingerprint density at radius 1 is 1.28 bits per heavy atom. The number of aryl methyl sites for hydroxylation is 3. The Morgan fingerprint density at radius 2 is 1.78 bits per heavy atom. The van der Waals surface area contributed by atoms with Crippen LogP contribution >= 0.6 is 0 Å². The fourth-order valence-electron chi connectivity index (χ4n) is 2.36. The molecule has 0 aliphatic rings. The first kappa shape index (κ1) is 14.7. The van der Waals surface area contributed by atoms with Crippen molar-refractivity contribution in [2.75, 3.05) is 0 Å². The molecule has 0 saturated carbocycles. The van der Waals surface area contributed by atoms with E-state index in [0.29, 0.717) is 0 Å². The summed E-state index contributed by atoms with van der Waals surface area (Å²) in [5.74, 6) is -0.314.